The van der Waals surface area contributed by atoms with Crippen molar-refractivity contribution in [2.75, 3.05) is 39.6 Å². The van der Waals surface area contributed by atoms with Gasteiger partial charge in [0.2, 0.25) is 0 Å². The highest BCUT2D eigenvalue weighted by Crippen LogP contribution is 2.45. The van der Waals surface area contributed by atoms with Gasteiger partial charge in [0.15, 0.2) is 12.2 Å². The van der Waals surface area contributed by atoms with Crippen LogP contribution in [-0.2, 0) is 65.4 Å². The van der Waals surface area contributed by atoms with Crippen LogP contribution in [0.25, 0.3) is 0 Å². The first-order valence-electron chi connectivity index (χ1n) is 39.8. The molecule has 0 fully saturated rings. The number of allylic oxidation sites excluding steroid dienone is 20. The molecular formula is C83H142O17P2. The van der Waals surface area contributed by atoms with E-state index in [9.17, 15) is 43.2 Å². The number of ether oxygens (including phenoxy) is 4. The van der Waals surface area contributed by atoms with Crippen molar-refractivity contribution in [3.8, 4) is 0 Å². The van der Waals surface area contributed by atoms with E-state index < -0.39 is 97.5 Å². The fraction of sp³-hybridized carbons (Fsp3) is 0.711. The molecule has 0 bridgehead atoms. The number of hydrogen-bond acceptors (Lipinski definition) is 15. The molecule has 0 aliphatic rings. The summed E-state index contributed by atoms with van der Waals surface area (Å²) in [6.45, 7) is 4.56. The van der Waals surface area contributed by atoms with Crippen molar-refractivity contribution in [3.63, 3.8) is 0 Å². The van der Waals surface area contributed by atoms with Crippen LogP contribution in [-0.4, -0.2) is 96.7 Å². The Balaban J connectivity index is 5.36. The van der Waals surface area contributed by atoms with Gasteiger partial charge in [-0.2, -0.15) is 0 Å². The largest absolute Gasteiger partial charge is 0.472 e. The van der Waals surface area contributed by atoms with E-state index in [0.29, 0.717) is 32.1 Å². The SMILES string of the molecule is CC/C=C\C/C=C\C/C=C\C/C=C\C/C=C\C/C=C\CCC(=O)OCC(COP(=O)(O)OCC(O)COP(=O)(O)OCC(COC(=O)CCCCCCCC/C=C\C/C=C\C/C=C\C/C=C\CC)OC(=O)CCCCCCCCCCCCC)OC(=O)CCCCCCCCCCCCCCC. The molecule has 5 atom stereocenters. The predicted octanol–water partition coefficient (Wildman–Crippen LogP) is 23.1. The van der Waals surface area contributed by atoms with Crippen LogP contribution in [0.15, 0.2) is 122 Å². The predicted molar refractivity (Wildman–Crippen MR) is 418 cm³/mol. The van der Waals surface area contributed by atoms with Gasteiger partial charge in [0, 0.05) is 25.7 Å². The zero-order valence-corrected chi connectivity index (χ0v) is 65.8. The molecule has 3 N–H and O–H groups in total. The van der Waals surface area contributed by atoms with Gasteiger partial charge in [-0.15, -0.1) is 0 Å². The highest BCUT2D eigenvalue weighted by Gasteiger charge is 2.30. The molecule has 19 heteroatoms. The Bertz CT molecular complexity index is 2410. The molecule has 0 aliphatic heterocycles. The Kier molecular flexibility index (Phi) is 71.4. The lowest BCUT2D eigenvalue weighted by atomic mass is 10.0. The highest BCUT2D eigenvalue weighted by molar-refractivity contribution is 7.47. The zero-order valence-electron chi connectivity index (χ0n) is 64.0. The van der Waals surface area contributed by atoms with E-state index >= 15 is 0 Å². The molecule has 0 rings (SSSR count). The first-order chi connectivity index (χ1) is 49.7. The second-order valence-corrected chi connectivity index (χ2v) is 29.2. The van der Waals surface area contributed by atoms with Crippen molar-refractivity contribution >= 4 is 39.5 Å². The Labute approximate surface area is 619 Å². The molecule has 17 nitrogen and oxygen atoms in total. The summed E-state index contributed by atoms with van der Waals surface area (Å²) in [5, 5.41) is 10.6. The average molecular weight is 1470 g/mol. The minimum absolute atomic E-state index is 0.0368. The van der Waals surface area contributed by atoms with Crippen LogP contribution in [0.1, 0.15) is 323 Å². The molecule has 0 aromatic heterocycles. The number of phosphoric ester groups is 2. The second-order valence-electron chi connectivity index (χ2n) is 26.3. The van der Waals surface area contributed by atoms with Crippen molar-refractivity contribution < 1.29 is 80.2 Å². The molecule has 0 saturated carbocycles. The van der Waals surface area contributed by atoms with Crippen LogP contribution in [0.5, 0.6) is 0 Å². The van der Waals surface area contributed by atoms with Gasteiger partial charge in [0.25, 0.3) is 0 Å². The normalized spacial score (nSPS) is 14.5. The van der Waals surface area contributed by atoms with E-state index in [0.717, 1.165) is 148 Å². The Morgan fingerprint density at radius 2 is 0.529 bits per heavy atom. The van der Waals surface area contributed by atoms with Crippen LogP contribution in [0.2, 0.25) is 0 Å². The minimum Gasteiger partial charge on any atom is -0.462 e. The maximum absolute atomic E-state index is 13.1. The Morgan fingerprint density at radius 1 is 0.284 bits per heavy atom. The lowest BCUT2D eigenvalue weighted by Gasteiger charge is -2.21. The molecule has 0 heterocycles. The van der Waals surface area contributed by atoms with E-state index in [-0.39, 0.29) is 25.7 Å². The summed E-state index contributed by atoms with van der Waals surface area (Å²) in [4.78, 5) is 72.9. The maximum atomic E-state index is 13.1. The molecule has 0 aromatic carbocycles. The van der Waals surface area contributed by atoms with Gasteiger partial charge < -0.3 is 33.8 Å². The molecule has 0 amide bonds. The van der Waals surface area contributed by atoms with Crippen LogP contribution < -0.4 is 0 Å². The van der Waals surface area contributed by atoms with Gasteiger partial charge in [0.05, 0.1) is 26.4 Å². The van der Waals surface area contributed by atoms with Crippen LogP contribution >= 0.6 is 15.6 Å². The van der Waals surface area contributed by atoms with Crippen molar-refractivity contribution in [2.45, 2.75) is 341 Å². The number of esters is 4. The molecule has 0 spiro atoms. The standard InChI is InChI=1S/C83H142O17P2/c1-5-9-13-17-21-25-29-32-34-36-38-40-42-45-48-51-55-59-63-67-80(85)93-73-78(99-82(87)69-65-61-57-53-47-28-24-20-16-12-8-4)75-97-101(89,90)95-71-77(84)72-96-102(91,92)98-76-79(100-83(88)70-66-62-58-54-50-44-31-27-23-19-15-11-7-3)74-94-81(86)68-64-60-56-52-49-46-43-41-39-37-35-33-30-26-22-18-14-10-6-2/h9-10,13-14,21-22,25-26,32-35,38-41,46,49,56,60,77-79,84H,5-8,11-12,15-20,23-24,27-31,36-37,42-45,47-48,50-55,57-59,61-76H2,1-4H3,(H,89,90)(H,91,92)/b13-9-,14-10-,25-21-,26-22-,34-32-,35-33-,40-38-,41-39-,49-46-,60-56-. The number of carbonyl (C=O) groups excluding carboxylic acids is 4. The van der Waals surface area contributed by atoms with Gasteiger partial charge in [-0.05, 0) is 103 Å². The van der Waals surface area contributed by atoms with Crippen molar-refractivity contribution in [1.29, 1.82) is 0 Å². The van der Waals surface area contributed by atoms with Crippen LogP contribution in [0.4, 0.5) is 0 Å². The van der Waals surface area contributed by atoms with Crippen LogP contribution in [0.3, 0.4) is 0 Å². The molecule has 0 aromatic rings. The summed E-state index contributed by atoms with van der Waals surface area (Å²) >= 11 is 0. The zero-order chi connectivity index (χ0) is 74.6. The van der Waals surface area contributed by atoms with Crippen molar-refractivity contribution in [2.24, 2.45) is 0 Å². The van der Waals surface area contributed by atoms with E-state index in [4.69, 9.17) is 37.0 Å². The third-order valence-corrected chi connectivity index (χ3v) is 18.4. The monoisotopic (exact) mass is 1470 g/mol. The summed E-state index contributed by atoms with van der Waals surface area (Å²) in [6.07, 6.45) is 82.0. The molecule has 0 radical (unpaired) electrons. The summed E-state index contributed by atoms with van der Waals surface area (Å²) in [6, 6.07) is 0. The maximum Gasteiger partial charge on any atom is 0.472 e. The van der Waals surface area contributed by atoms with Crippen molar-refractivity contribution in [1.82, 2.24) is 0 Å². The van der Waals surface area contributed by atoms with Gasteiger partial charge in [-0.3, -0.25) is 37.3 Å². The molecule has 102 heavy (non-hydrogen) atoms. The third kappa shape index (κ3) is 73.8. The Morgan fingerprint density at radius 3 is 0.843 bits per heavy atom. The number of rotatable bonds is 74. The van der Waals surface area contributed by atoms with Gasteiger partial charge in [-0.1, -0.05) is 316 Å². The number of aliphatic hydroxyl groups excluding tert-OH is 1. The fourth-order valence-corrected chi connectivity index (χ4v) is 12.1. The van der Waals surface area contributed by atoms with E-state index in [2.05, 4.69) is 131 Å². The fourth-order valence-electron chi connectivity index (χ4n) is 10.5. The van der Waals surface area contributed by atoms with Gasteiger partial charge in [-0.25, -0.2) is 9.13 Å². The number of phosphoric acid groups is 2. The lowest BCUT2D eigenvalue weighted by Crippen LogP contribution is -2.30. The number of carbonyl (C=O) groups is 4. The number of unbranched alkanes of at least 4 members (excludes halogenated alkanes) is 28. The van der Waals surface area contributed by atoms with Gasteiger partial charge >= 0.3 is 39.5 Å². The van der Waals surface area contributed by atoms with E-state index in [1.54, 1.807) is 0 Å². The van der Waals surface area contributed by atoms with E-state index in [1.165, 1.54) is 89.9 Å². The minimum atomic E-state index is -4.99. The average Bonchev–Trinajstić information content (AvgIpc) is 0.907. The first kappa shape index (κ1) is 97.5. The molecule has 5 unspecified atom stereocenters. The van der Waals surface area contributed by atoms with Gasteiger partial charge in [0.1, 0.15) is 19.3 Å². The summed E-state index contributed by atoms with van der Waals surface area (Å²) in [5.74, 6) is -2.27. The summed E-state index contributed by atoms with van der Waals surface area (Å²) in [7, 11) is -9.97. The number of hydrogen-bond donors (Lipinski definition) is 3. The quantitative estimate of drug-likeness (QED) is 0.0169. The number of aliphatic hydroxyl groups is 1. The summed E-state index contributed by atoms with van der Waals surface area (Å²) < 4.78 is 68.5. The topological polar surface area (TPSA) is 237 Å². The van der Waals surface area contributed by atoms with Crippen molar-refractivity contribution in [3.05, 3.63) is 122 Å². The Hall–Kier alpha value is -4.54. The molecule has 586 valence electrons. The molecule has 0 aliphatic carbocycles. The van der Waals surface area contributed by atoms with E-state index in [1.807, 2.05) is 18.2 Å². The second kappa shape index (κ2) is 74.7. The van der Waals surface area contributed by atoms with Crippen LogP contribution in [0, 0.1) is 0 Å². The highest BCUT2D eigenvalue weighted by atomic mass is 31.2. The first-order valence-corrected chi connectivity index (χ1v) is 42.8. The summed E-state index contributed by atoms with van der Waals surface area (Å²) in [5.41, 5.74) is 0. The smallest absolute Gasteiger partial charge is 0.462 e. The molecular weight excluding hydrogens is 1330 g/mol. The lowest BCUT2D eigenvalue weighted by molar-refractivity contribution is -0.161. The third-order valence-electron chi connectivity index (χ3n) is 16.5. The molecule has 0 saturated heterocycles.